The highest BCUT2D eigenvalue weighted by molar-refractivity contribution is 5.74. The predicted octanol–water partition coefficient (Wildman–Crippen LogP) is 5.64. The average Bonchev–Trinajstić information content (AvgIpc) is 2.66. The number of aromatic hydroxyl groups is 3. The highest BCUT2D eigenvalue weighted by Gasteiger charge is 2.17. The van der Waals surface area contributed by atoms with Crippen molar-refractivity contribution in [3.8, 4) is 23.0 Å². The Labute approximate surface area is 167 Å². The number of carbonyl (C=O) groups excluding carboxylic acids is 1. The van der Waals surface area contributed by atoms with E-state index in [0.717, 1.165) is 25.3 Å². The molecule has 0 unspecified atom stereocenters. The van der Waals surface area contributed by atoms with Gasteiger partial charge >= 0.3 is 5.97 Å². The van der Waals surface area contributed by atoms with E-state index in [0.29, 0.717) is 12.2 Å². The molecule has 158 valence electrons. The number of methoxy groups -OCH3 is 1. The third-order valence-electron chi connectivity index (χ3n) is 4.58. The molecule has 0 spiro atoms. The van der Waals surface area contributed by atoms with Crippen LogP contribution in [0.2, 0.25) is 0 Å². The summed E-state index contributed by atoms with van der Waals surface area (Å²) in [6.07, 6.45) is 12.4. The second-order valence-electron chi connectivity index (χ2n) is 6.99. The minimum atomic E-state index is -0.491. The molecule has 1 aromatic carbocycles. The zero-order valence-corrected chi connectivity index (χ0v) is 17.3. The van der Waals surface area contributed by atoms with Crippen molar-refractivity contribution in [2.24, 2.45) is 0 Å². The maximum Gasteiger partial charge on any atom is 0.307 e. The molecule has 0 saturated carbocycles. The van der Waals surface area contributed by atoms with E-state index in [2.05, 4.69) is 6.92 Å². The Morgan fingerprint density at radius 2 is 1.54 bits per heavy atom. The number of esters is 1. The van der Waals surface area contributed by atoms with E-state index >= 15 is 0 Å². The van der Waals surface area contributed by atoms with Crippen molar-refractivity contribution < 1.29 is 29.6 Å². The number of hydrogen-bond acceptors (Lipinski definition) is 6. The number of phenolic OH excluding ortho intramolecular Hbond substituents is 3. The summed E-state index contributed by atoms with van der Waals surface area (Å²) in [5.74, 6) is -1.37. The average molecular weight is 395 g/mol. The third kappa shape index (κ3) is 8.11. The molecule has 0 aliphatic carbocycles. The minimum absolute atomic E-state index is 0.0202. The summed E-state index contributed by atoms with van der Waals surface area (Å²) in [7, 11) is 1.34. The van der Waals surface area contributed by atoms with Crippen LogP contribution in [0, 0.1) is 0 Å². The first-order chi connectivity index (χ1) is 13.4. The Balaban J connectivity index is 2.69. The van der Waals surface area contributed by atoms with Gasteiger partial charge in [-0.3, -0.25) is 4.79 Å². The molecule has 6 nitrogen and oxygen atoms in total. The first kappa shape index (κ1) is 23.7. The molecule has 0 aromatic heterocycles. The SMILES string of the molecule is CCCCCCCCCCCC(=Cc1c(O)c(O)cc(OC)c1O)OC(C)=O. The summed E-state index contributed by atoms with van der Waals surface area (Å²) in [4.78, 5) is 11.4. The maximum atomic E-state index is 11.4. The lowest BCUT2D eigenvalue weighted by atomic mass is 10.0. The van der Waals surface area contributed by atoms with Gasteiger partial charge in [0.05, 0.1) is 12.7 Å². The van der Waals surface area contributed by atoms with Crippen molar-refractivity contribution in [3.63, 3.8) is 0 Å². The highest BCUT2D eigenvalue weighted by Crippen LogP contribution is 2.43. The van der Waals surface area contributed by atoms with Gasteiger partial charge in [-0.1, -0.05) is 58.3 Å². The number of rotatable bonds is 13. The van der Waals surface area contributed by atoms with Crippen LogP contribution in [0.4, 0.5) is 0 Å². The van der Waals surface area contributed by atoms with Crippen molar-refractivity contribution in [1.29, 1.82) is 0 Å². The number of allylic oxidation sites excluding steroid dienone is 1. The zero-order valence-electron chi connectivity index (χ0n) is 17.3. The van der Waals surface area contributed by atoms with Crippen molar-refractivity contribution in [3.05, 3.63) is 17.4 Å². The van der Waals surface area contributed by atoms with Crippen LogP contribution >= 0.6 is 0 Å². The van der Waals surface area contributed by atoms with Crippen molar-refractivity contribution in [1.82, 2.24) is 0 Å². The molecule has 0 aliphatic heterocycles. The molecular formula is C22H34O6. The molecule has 0 aliphatic rings. The Kier molecular flexibility index (Phi) is 10.9. The van der Waals surface area contributed by atoms with Crippen molar-refractivity contribution >= 4 is 12.0 Å². The molecule has 0 saturated heterocycles. The van der Waals surface area contributed by atoms with E-state index in [1.54, 1.807) is 0 Å². The highest BCUT2D eigenvalue weighted by atomic mass is 16.5. The molecule has 1 rings (SSSR count). The van der Waals surface area contributed by atoms with Gasteiger partial charge in [0.25, 0.3) is 0 Å². The number of phenols is 3. The number of benzene rings is 1. The van der Waals surface area contributed by atoms with Crippen molar-refractivity contribution in [2.75, 3.05) is 7.11 Å². The standard InChI is InChI=1S/C22H34O6/c1-4-5-6-7-8-9-10-11-12-13-17(28-16(2)23)14-18-21(25)19(24)15-20(27-3)22(18)26/h14-15,24-26H,4-13H2,1-3H3. The lowest BCUT2D eigenvalue weighted by Gasteiger charge is -2.12. The quantitative estimate of drug-likeness (QED) is 0.132. The molecule has 0 amide bonds. The molecule has 6 heteroatoms. The minimum Gasteiger partial charge on any atom is -0.504 e. The second-order valence-corrected chi connectivity index (χ2v) is 6.99. The fourth-order valence-electron chi connectivity index (χ4n) is 3.04. The normalized spacial score (nSPS) is 11.5. The zero-order chi connectivity index (χ0) is 20.9. The van der Waals surface area contributed by atoms with Crippen LogP contribution in [0.25, 0.3) is 6.08 Å². The Bertz CT molecular complexity index is 651. The largest absolute Gasteiger partial charge is 0.504 e. The summed E-state index contributed by atoms with van der Waals surface area (Å²) in [5.41, 5.74) is -0.0379. The maximum absolute atomic E-state index is 11.4. The van der Waals surface area contributed by atoms with Gasteiger partial charge in [0.2, 0.25) is 0 Å². The van der Waals surface area contributed by atoms with Gasteiger partial charge in [0, 0.05) is 19.4 Å². The summed E-state index contributed by atoms with van der Waals surface area (Å²) in [6, 6.07) is 1.12. The van der Waals surface area contributed by atoms with E-state index in [1.165, 1.54) is 58.6 Å². The summed E-state index contributed by atoms with van der Waals surface area (Å²) < 4.78 is 10.2. The van der Waals surface area contributed by atoms with Crippen LogP contribution in [0.3, 0.4) is 0 Å². The molecule has 0 fully saturated rings. The van der Waals surface area contributed by atoms with Gasteiger partial charge in [0.1, 0.15) is 5.76 Å². The van der Waals surface area contributed by atoms with Crippen LogP contribution in [0.15, 0.2) is 11.8 Å². The topological polar surface area (TPSA) is 96.2 Å². The van der Waals surface area contributed by atoms with Gasteiger partial charge < -0.3 is 24.8 Å². The van der Waals surface area contributed by atoms with Crippen LogP contribution in [-0.4, -0.2) is 28.4 Å². The fraction of sp³-hybridized carbons (Fsp3) is 0.591. The summed E-state index contributed by atoms with van der Waals surface area (Å²) in [6.45, 7) is 3.51. The Morgan fingerprint density at radius 3 is 2.07 bits per heavy atom. The van der Waals surface area contributed by atoms with Gasteiger partial charge in [-0.25, -0.2) is 0 Å². The Hall–Kier alpha value is -2.37. The first-order valence-electron chi connectivity index (χ1n) is 10.1. The van der Waals surface area contributed by atoms with E-state index in [1.807, 2.05) is 0 Å². The third-order valence-corrected chi connectivity index (χ3v) is 4.58. The predicted molar refractivity (Wildman–Crippen MR) is 110 cm³/mol. The lowest BCUT2D eigenvalue weighted by molar-refractivity contribution is -0.137. The molecule has 0 heterocycles. The molecule has 0 radical (unpaired) electrons. The molecule has 3 N–H and O–H groups in total. The van der Waals surface area contributed by atoms with Gasteiger partial charge in [-0.15, -0.1) is 0 Å². The first-order valence-corrected chi connectivity index (χ1v) is 10.1. The second kappa shape index (κ2) is 12.9. The van der Waals surface area contributed by atoms with E-state index in [-0.39, 0.29) is 17.1 Å². The van der Waals surface area contributed by atoms with Crippen LogP contribution in [0.1, 0.15) is 83.6 Å². The molecule has 1 aromatic rings. The summed E-state index contributed by atoms with van der Waals surface area (Å²) >= 11 is 0. The van der Waals surface area contributed by atoms with Crippen molar-refractivity contribution in [2.45, 2.75) is 78.1 Å². The van der Waals surface area contributed by atoms with Gasteiger partial charge in [0.15, 0.2) is 23.0 Å². The smallest absolute Gasteiger partial charge is 0.307 e. The van der Waals surface area contributed by atoms with E-state index < -0.39 is 17.5 Å². The van der Waals surface area contributed by atoms with Crippen LogP contribution in [-0.2, 0) is 9.53 Å². The number of unbranched alkanes of at least 4 members (excludes halogenated alkanes) is 8. The van der Waals surface area contributed by atoms with Gasteiger partial charge in [-0.2, -0.15) is 0 Å². The molecule has 0 bridgehead atoms. The number of ether oxygens (including phenoxy) is 2. The Morgan fingerprint density at radius 1 is 0.964 bits per heavy atom. The van der Waals surface area contributed by atoms with E-state index in [4.69, 9.17) is 9.47 Å². The summed E-state index contributed by atoms with van der Waals surface area (Å²) in [5, 5.41) is 30.1. The monoisotopic (exact) mass is 394 g/mol. The number of hydrogen-bond donors (Lipinski definition) is 3. The molecule has 0 atom stereocenters. The lowest BCUT2D eigenvalue weighted by Crippen LogP contribution is -2.00. The van der Waals surface area contributed by atoms with Crippen LogP contribution in [0.5, 0.6) is 23.0 Å². The fourth-order valence-corrected chi connectivity index (χ4v) is 3.04. The van der Waals surface area contributed by atoms with E-state index in [9.17, 15) is 20.1 Å². The number of carbonyl (C=O) groups is 1. The van der Waals surface area contributed by atoms with Crippen LogP contribution < -0.4 is 4.74 Å². The molecule has 28 heavy (non-hydrogen) atoms. The van der Waals surface area contributed by atoms with Gasteiger partial charge in [-0.05, 0) is 12.5 Å². The molecular weight excluding hydrogens is 360 g/mol.